The van der Waals surface area contributed by atoms with Gasteiger partial charge in [0.25, 0.3) is 5.91 Å². The number of hydrogen-bond acceptors (Lipinski definition) is 6. The number of furan rings is 1. The van der Waals surface area contributed by atoms with E-state index >= 15 is 0 Å². The molecule has 1 atom stereocenters. The van der Waals surface area contributed by atoms with Gasteiger partial charge in [-0.25, -0.2) is 4.98 Å². The van der Waals surface area contributed by atoms with E-state index in [1.165, 1.54) is 0 Å². The molecule has 3 aromatic heterocycles. The molecule has 0 bridgehead atoms. The van der Waals surface area contributed by atoms with Gasteiger partial charge in [-0.2, -0.15) is 10.1 Å². The van der Waals surface area contributed by atoms with Gasteiger partial charge >= 0.3 is 0 Å². The molecule has 0 unspecified atom stereocenters. The Balaban J connectivity index is 1.40. The van der Waals surface area contributed by atoms with Crippen molar-refractivity contribution in [3.8, 4) is 17.3 Å². The number of aryl methyl sites for hydroxylation is 1. The Kier molecular flexibility index (Phi) is 3.93. The Morgan fingerprint density at radius 1 is 1.44 bits per heavy atom. The van der Waals surface area contributed by atoms with Crippen molar-refractivity contribution in [2.45, 2.75) is 19.4 Å². The van der Waals surface area contributed by atoms with Crippen LogP contribution in [0.2, 0.25) is 0 Å². The molecule has 1 aliphatic rings. The number of carbonyl (C=O) groups excluding carboxylic acids is 1. The zero-order valence-electron chi connectivity index (χ0n) is 13.7. The van der Waals surface area contributed by atoms with Gasteiger partial charge in [-0.3, -0.25) is 9.89 Å². The van der Waals surface area contributed by atoms with Gasteiger partial charge in [0.2, 0.25) is 5.88 Å². The third kappa shape index (κ3) is 3.23. The van der Waals surface area contributed by atoms with Crippen LogP contribution >= 0.6 is 0 Å². The molecule has 8 nitrogen and oxygen atoms in total. The summed E-state index contributed by atoms with van der Waals surface area (Å²) in [6, 6.07) is 7.02. The first kappa shape index (κ1) is 15.4. The SMILES string of the molecule is Cc1nccc(O[C@H]2CCN(C(=O)c3cc(-c4ccco4)[nH]n3)C2)n1. The number of rotatable bonds is 4. The molecule has 4 heterocycles. The minimum Gasteiger partial charge on any atom is -0.472 e. The van der Waals surface area contributed by atoms with E-state index in [1.54, 1.807) is 35.6 Å². The molecule has 8 heteroatoms. The fourth-order valence-corrected chi connectivity index (χ4v) is 2.83. The number of nitrogens with zero attached hydrogens (tertiary/aromatic N) is 4. The maximum Gasteiger partial charge on any atom is 0.274 e. The molecule has 4 rings (SSSR count). The lowest BCUT2D eigenvalue weighted by atomic mass is 10.3. The van der Waals surface area contributed by atoms with Crippen LogP contribution in [0.5, 0.6) is 5.88 Å². The summed E-state index contributed by atoms with van der Waals surface area (Å²) < 4.78 is 11.2. The van der Waals surface area contributed by atoms with Gasteiger partial charge in [-0.15, -0.1) is 0 Å². The third-order valence-electron chi connectivity index (χ3n) is 4.05. The van der Waals surface area contributed by atoms with E-state index < -0.39 is 0 Å². The van der Waals surface area contributed by atoms with Crippen molar-refractivity contribution in [3.05, 3.63) is 48.2 Å². The Morgan fingerprint density at radius 2 is 2.36 bits per heavy atom. The lowest BCUT2D eigenvalue weighted by Gasteiger charge is -2.15. The molecule has 3 aromatic rings. The second-order valence-electron chi connectivity index (χ2n) is 5.87. The van der Waals surface area contributed by atoms with Gasteiger partial charge in [0.05, 0.1) is 12.8 Å². The van der Waals surface area contributed by atoms with Crippen LogP contribution in [0.1, 0.15) is 22.7 Å². The van der Waals surface area contributed by atoms with Crippen LogP contribution in [0.15, 0.2) is 41.1 Å². The highest BCUT2D eigenvalue weighted by Gasteiger charge is 2.30. The fourth-order valence-electron chi connectivity index (χ4n) is 2.83. The minimum atomic E-state index is -0.126. The van der Waals surface area contributed by atoms with E-state index in [9.17, 15) is 4.79 Å². The molecule has 0 spiro atoms. The van der Waals surface area contributed by atoms with E-state index in [0.717, 1.165) is 6.42 Å². The lowest BCUT2D eigenvalue weighted by Crippen LogP contribution is -2.31. The second kappa shape index (κ2) is 6.39. The molecule has 128 valence electrons. The fraction of sp³-hybridized carbons (Fsp3) is 0.294. The molecule has 0 saturated carbocycles. The number of ether oxygens (including phenoxy) is 1. The van der Waals surface area contributed by atoms with Gasteiger partial charge in [-0.1, -0.05) is 0 Å². The minimum absolute atomic E-state index is 0.0817. The van der Waals surface area contributed by atoms with Crippen molar-refractivity contribution in [3.63, 3.8) is 0 Å². The Bertz CT molecular complexity index is 874. The summed E-state index contributed by atoms with van der Waals surface area (Å²) in [5.74, 6) is 1.71. The molecule has 1 saturated heterocycles. The van der Waals surface area contributed by atoms with Crippen LogP contribution in [-0.2, 0) is 0 Å². The van der Waals surface area contributed by atoms with Gasteiger partial charge in [-0.05, 0) is 19.1 Å². The Hall–Kier alpha value is -3.16. The van der Waals surface area contributed by atoms with E-state index in [-0.39, 0.29) is 12.0 Å². The highest BCUT2D eigenvalue weighted by molar-refractivity contribution is 5.93. The zero-order chi connectivity index (χ0) is 17.2. The topological polar surface area (TPSA) is 97.1 Å². The first-order valence-corrected chi connectivity index (χ1v) is 8.04. The summed E-state index contributed by atoms with van der Waals surface area (Å²) in [6.07, 6.45) is 3.91. The molecule has 0 radical (unpaired) electrons. The molecular formula is C17H17N5O3. The molecule has 0 aromatic carbocycles. The van der Waals surface area contributed by atoms with E-state index in [2.05, 4.69) is 20.2 Å². The maximum atomic E-state index is 12.6. The monoisotopic (exact) mass is 339 g/mol. The molecule has 1 amide bonds. The number of amides is 1. The second-order valence-corrected chi connectivity index (χ2v) is 5.87. The van der Waals surface area contributed by atoms with Gasteiger partial charge in [0, 0.05) is 31.3 Å². The van der Waals surface area contributed by atoms with Crippen molar-refractivity contribution in [1.29, 1.82) is 0 Å². The van der Waals surface area contributed by atoms with Crippen LogP contribution in [-0.4, -0.2) is 50.2 Å². The summed E-state index contributed by atoms with van der Waals surface area (Å²) in [6.45, 7) is 2.94. The van der Waals surface area contributed by atoms with Crippen molar-refractivity contribution < 1.29 is 13.9 Å². The first-order valence-electron chi connectivity index (χ1n) is 8.04. The average Bonchev–Trinajstić information content (AvgIpc) is 3.35. The van der Waals surface area contributed by atoms with Crippen LogP contribution in [0, 0.1) is 6.92 Å². The number of carbonyl (C=O) groups is 1. The molecule has 0 aliphatic carbocycles. The molecule has 1 fully saturated rings. The highest BCUT2D eigenvalue weighted by atomic mass is 16.5. The largest absolute Gasteiger partial charge is 0.472 e. The summed E-state index contributed by atoms with van der Waals surface area (Å²) in [7, 11) is 0. The van der Waals surface area contributed by atoms with Crippen molar-refractivity contribution in [2.75, 3.05) is 13.1 Å². The van der Waals surface area contributed by atoms with Crippen molar-refractivity contribution >= 4 is 5.91 Å². The van der Waals surface area contributed by atoms with E-state index in [4.69, 9.17) is 9.15 Å². The number of aromatic nitrogens is 4. The third-order valence-corrected chi connectivity index (χ3v) is 4.05. The highest BCUT2D eigenvalue weighted by Crippen LogP contribution is 2.21. The van der Waals surface area contributed by atoms with Crippen LogP contribution < -0.4 is 4.74 Å². The van der Waals surface area contributed by atoms with Gasteiger partial charge in [0.15, 0.2) is 11.5 Å². The summed E-state index contributed by atoms with van der Waals surface area (Å²) in [5.41, 5.74) is 1.04. The molecular weight excluding hydrogens is 322 g/mol. The number of likely N-dealkylation sites (tertiary alicyclic amines) is 1. The average molecular weight is 339 g/mol. The molecule has 1 aliphatic heterocycles. The van der Waals surface area contributed by atoms with E-state index in [0.29, 0.717) is 41.9 Å². The number of hydrogen-bond donors (Lipinski definition) is 1. The predicted octanol–water partition coefficient (Wildman–Crippen LogP) is 2.06. The summed E-state index contributed by atoms with van der Waals surface area (Å²) in [4.78, 5) is 22.6. The lowest BCUT2D eigenvalue weighted by molar-refractivity contribution is 0.0765. The maximum absolute atomic E-state index is 12.6. The normalized spacial score (nSPS) is 17.0. The van der Waals surface area contributed by atoms with Crippen LogP contribution in [0.25, 0.3) is 11.5 Å². The Labute approximate surface area is 143 Å². The number of nitrogens with one attached hydrogen (secondary N) is 1. The van der Waals surface area contributed by atoms with Gasteiger partial charge < -0.3 is 14.1 Å². The molecule has 1 N–H and O–H groups in total. The Morgan fingerprint density at radius 3 is 3.16 bits per heavy atom. The number of H-pyrrole nitrogens is 1. The predicted molar refractivity (Wildman–Crippen MR) is 88.0 cm³/mol. The smallest absolute Gasteiger partial charge is 0.274 e. The van der Waals surface area contributed by atoms with Gasteiger partial charge in [0.1, 0.15) is 17.6 Å². The van der Waals surface area contributed by atoms with E-state index in [1.807, 2.05) is 13.0 Å². The summed E-state index contributed by atoms with van der Waals surface area (Å²) >= 11 is 0. The number of aromatic amines is 1. The zero-order valence-corrected chi connectivity index (χ0v) is 13.7. The molecule has 25 heavy (non-hydrogen) atoms. The van der Waals surface area contributed by atoms with Crippen LogP contribution in [0.3, 0.4) is 0 Å². The summed E-state index contributed by atoms with van der Waals surface area (Å²) in [5, 5.41) is 6.93. The standard InChI is InChI=1S/C17H17N5O3/c1-11-18-6-4-16(19-11)25-12-5-7-22(10-12)17(23)14-9-13(20-21-14)15-3-2-8-24-15/h2-4,6,8-9,12H,5,7,10H2,1H3,(H,20,21)/t12-/m0/s1. The van der Waals surface area contributed by atoms with Crippen molar-refractivity contribution in [2.24, 2.45) is 0 Å². The quantitative estimate of drug-likeness (QED) is 0.781. The van der Waals surface area contributed by atoms with Crippen molar-refractivity contribution in [1.82, 2.24) is 25.1 Å². The van der Waals surface area contributed by atoms with Crippen LogP contribution in [0.4, 0.5) is 0 Å². The first-order chi connectivity index (χ1) is 12.2.